The number of halogens is 1. The molecule has 2 atom stereocenters. The number of carbonyl (C=O) groups is 2. The van der Waals surface area contributed by atoms with Crippen LogP contribution >= 0.6 is 23.4 Å². The number of nitrogens with one attached hydrogen (secondary N) is 1. The molecular formula is C20H24ClN3O3S. The molecule has 0 aliphatic carbocycles. The zero-order chi connectivity index (χ0) is 20.3. The second-order valence-electron chi connectivity index (χ2n) is 7.35. The Hall–Kier alpha value is -1.99. The maximum absolute atomic E-state index is 13.2. The number of amides is 2. The zero-order valence-electron chi connectivity index (χ0n) is 16.1. The van der Waals surface area contributed by atoms with Crippen molar-refractivity contribution in [2.24, 2.45) is 5.92 Å². The van der Waals surface area contributed by atoms with Gasteiger partial charge in [0.25, 0.3) is 5.91 Å². The summed E-state index contributed by atoms with van der Waals surface area (Å²) in [6.07, 6.45) is 2.58. The fraction of sp³-hybridized carbons (Fsp3) is 0.450. The van der Waals surface area contributed by atoms with Crippen molar-refractivity contribution in [3.8, 4) is 11.3 Å². The summed E-state index contributed by atoms with van der Waals surface area (Å²) in [4.78, 5) is 27.5. The fourth-order valence-corrected chi connectivity index (χ4v) is 4.04. The predicted molar refractivity (Wildman–Crippen MR) is 112 cm³/mol. The van der Waals surface area contributed by atoms with Gasteiger partial charge in [0, 0.05) is 29.0 Å². The van der Waals surface area contributed by atoms with Crippen LogP contribution in [0.2, 0.25) is 5.02 Å². The molecule has 6 nitrogen and oxygen atoms in total. The maximum Gasteiger partial charge on any atom is 0.276 e. The largest absolute Gasteiger partial charge is 0.355 e. The Bertz CT molecular complexity index is 837. The number of rotatable bonds is 6. The lowest BCUT2D eigenvalue weighted by atomic mass is 9.98. The van der Waals surface area contributed by atoms with Crippen LogP contribution in [0.5, 0.6) is 0 Å². The van der Waals surface area contributed by atoms with Crippen LogP contribution in [0, 0.1) is 5.92 Å². The van der Waals surface area contributed by atoms with Gasteiger partial charge in [0.05, 0.1) is 6.04 Å². The van der Waals surface area contributed by atoms with Crippen LogP contribution in [0.25, 0.3) is 11.3 Å². The maximum atomic E-state index is 13.2. The summed E-state index contributed by atoms with van der Waals surface area (Å²) >= 11 is 7.56. The number of piperazine rings is 1. The van der Waals surface area contributed by atoms with E-state index >= 15 is 0 Å². The van der Waals surface area contributed by atoms with E-state index in [2.05, 4.69) is 10.5 Å². The van der Waals surface area contributed by atoms with Gasteiger partial charge in [-0.2, -0.15) is 11.8 Å². The van der Waals surface area contributed by atoms with Crippen molar-refractivity contribution < 1.29 is 14.1 Å². The summed E-state index contributed by atoms with van der Waals surface area (Å²) < 4.78 is 5.37. The molecule has 1 fully saturated rings. The molecule has 1 aromatic carbocycles. The van der Waals surface area contributed by atoms with Crippen LogP contribution < -0.4 is 5.32 Å². The lowest BCUT2D eigenvalue weighted by Crippen LogP contribution is -2.62. The fourth-order valence-electron chi connectivity index (χ4n) is 3.32. The van der Waals surface area contributed by atoms with Crippen LogP contribution in [-0.2, 0) is 4.79 Å². The van der Waals surface area contributed by atoms with Crippen molar-refractivity contribution in [3.63, 3.8) is 0 Å². The smallest absolute Gasteiger partial charge is 0.276 e. The van der Waals surface area contributed by atoms with E-state index in [1.54, 1.807) is 34.9 Å². The quantitative estimate of drug-likeness (QED) is 0.769. The molecule has 1 N–H and O–H groups in total. The summed E-state index contributed by atoms with van der Waals surface area (Å²) in [6.45, 7) is 4.54. The molecule has 28 heavy (non-hydrogen) atoms. The van der Waals surface area contributed by atoms with E-state index in [0.717, 1.165) is 11.3 Å². The minimum atomic E-state index is -0.499. The van der Waals surface area contributed by atoms with E-state index in [1.807, 2.05) is 32.2 Å². The van der Waals surface area contributed by atoms with Gasteiger partial charge in [-0.15, -0.1) is 0 Å². The van der Waals surface area contributed by atoms with Crippen molar-refractivity contribution in [1.29, 1.82) is 0 Å². The molecule has 1 aromatic heterocycles. The Morgan fingerprint density at radius 2 is 2.11 bits per heavy atom. The third-order valence-electron chi connectivity index (χ3n) is 4.62. The van der Waals surface area contributed by atoms with Crippen LogP contribution in [0.3, 0.4) is 0 Å². The number of hydrogen-bond acceptors (Lipinski definition) is 5. The lowest BCUT2D eigenvalue weighted by molar-refractivity contribution is -0.129. The predicted octanol–water partition coefficient (Wildman–Crippen LogP) is 3.71. The molecule has 2 amide bonds. The average Bonchev–Trinajstić information content (AvgIpc) is 3.14. The third kappa shape index (κ3) is 4.70. The highest BCUT2D eigenvalue weighted by Gasteiger charge is 2.38. The average molecular weight is 422 g/mol. The van der Waals surface area contributed by atoms with Gasteiger partial charge in [-0.3, -0.25) is 9.59 Å². The van der Waals surface area contributed by atoms with Gasteiger partial charge in [-0.05, 0) is 42.9 Å². The molecule has 0 unspecified atom stereocenters. The second-order valence-corrected chi connectivity index (χ2v) is 8.69. The van der Waals surface area contributed by atoms with E-state index in [4.69, 9.17) is 16.1 Å². The lowest BCUT2D eigenvalue weighted by Gasteiger charge is -2.39. The topological polar surface area (TPSA) is 75.4 Å². The number of hydrogen-bond donors (Lipinski definition) is 1. The summed E-state index contributed by atoms with van der Waals surface area (Å²) in [5, 5.41) is 7.62. The normalized spacial score (nSPS) is 19.8. The third-order valence-corrected chi connectivity index (χ3v) is 5.61. The first-order valence-electron chi connectivity index (χ1n) is 9.22. The highest BCUT2D eigenvalue weighted by Crippen LogP contribution is 2.25. The first kappa shape index (κ1) is 20.7. The van der Waals surface area contributed by atoms with Crippen LogP contribution in [-0.4, -0.2) is 52.5 Å². The Labute approximate surface area is 174 Å². The van der Waals surface area contributed by atoms with Gasteiger partial charge in [-0.1, -0.05) is 30.6 Å². The van der Waals surface area contributed by atoms with Crippen molar-refractivity contribution >= 4 is 35.2 Å². The number of aromatic nitrogens is 1. The van der Waals surface area contributed by atoms with Gasteiger partial charge in [0.15, 0.2) is 11.5 Å². The Morgan fingerprint density at radius 1 is 1.39 bits per heavy atom. The standard InChI is InChI=1S/C20H24ClN3O3S/c1-12(2)8-17-19(25)22-15(11-28-3)10-24(17)20(26)16-9-18(27-23-16)13-4-6-14(21)7-5-13/h4-7,9,12,15,17H,8,10-11H2,1-3H3,(H,22,25)/t15-,17+/m1/s1. The van der Waals surface area contributed by atoms with Crippen molar-refractivity contribution in [2.75, 3.05) is 18.6 Å². The van der Waals surface area contributed by atoms with Crippen molar-refractivity contribution in [2.45, 2.75) is 32.4 Å². The van der Waals surface area contributed by atoms with E-state index in [1.165, 1.54) is 0 Å². The SMILES string of the molecule is CSC[C@H]1CN(C(=O)c2cc(-c3ccc(Cl)cc3)on2)[C@@H](CC(C)C)C(=O)N1. The van der Waals surface area contributed by atoms with E-state index in [0.29, 0.717) is 23.7 Å². The highest BCUT2D eigenvalue weighted by atomic mass is 35.5. The molecular weight excluding hydrogens is 398 g/mol. The first-order valence-corrected chi connectivity index (χ1v) is 11.0. The Balaban J connectivity index is 1.84. The molecule has 0 spiro atoms. The molecule has 1 aliphatic heterocycles. The molecule has 8 heteroatoms. The van der Waals surface area contributed by atoms with E-state index < -0.39 is 6.04 Å². The highest BCUT2D eigenvalue weighted by molar-refractivity contribution is 7.98. The monoisotopic (exact) mass is 421 g/mol. The van der Waals surface area contributed by atoms with Crippen LogP contribution in [0.1, 0.15) is 30.8 Å². The summed E-state index contributed by atoms with van der Waals surface area (Å²) in [5.74, 6) is 1.13. The molecule has 0 saturated carbocycles. The van der Waals surface area contributed by atoms with Gasteiger partial charge in [0.2, 0.25) is 5.91 Å². The number of nitrogens with zero attached hydrogens (tertiary/aromatic N) is 2. The summed E-state index contributed by atoms with van der Waals surface area (Å²) in [7, 11) is 0. The van der Waals surface area contributed by atoms with E-state index in [-0.39, 0.29) is 29.5 Å². The summed E-state index contributed by atoms with van der Waals surface area (Å²) in [5.41, 5.74) is 0.989. The molecule has 150 valence electrons. The van der Waals surface area contributed by atoms with Crippen LogP contribution in [0.4, 0.5) is 0 Å². The van der Waals surface area contributed by atoms with E-state index in [9.17, 15) is 9.59 Å². The van der Waals surface area contributed by atoms with Crippen LogP contribution in [0.15, 0.2) is 34.9 Å². The first-order chi connectivity index (χ1) is 13.4. The minimum Gasteiger partial charge on any atom is -0.355 e. The Morgan fingerprint density at radius 3 is 2.75 bits per heavy atom. The number of thioether (sulfide) groups is 1. The molecule has 0 bridgehead atoms. The van der Waals surface area contributed by atoms with Gasteiger partial charge < -0.3 is 14.7 Å². The summed E-state index contributed by atoms with van der Waals surface area (Å²) in [6, 6.07) is 8.17. The zero-order valence-corrected chi connectivity index (χ0v) is 17.7. The van der Waals surface area contributed by atoms with Gasteiger partial charge in [0.1, 0.15) is 6.04 Å². The van der Waals surface area contributed by atoms with Crippen molar-refractivity contribution in [1.82, 2.24) is 15.4 Å². The molecule has 1 saturated heterocycles. The number of carbonyl (C=O) groups excluding carboxylic acids is 2. The molecule has 3 rings (SSSR count). The molecule has 0 radical (unpaired) electrons. The molecule has 2 aromatic rings. The van der Waals surface area contributed by atoms with Crippen molar-refractivity contribution in [3.05, 3.63) is 41.0 Å². The second kappa shape index (κ2) is 9.01. The molecule has 2 heterocycles. The number of benzene rings is 1. The van der Waals surface area contributed by atoms with Gasteiger partial charge in [-0.25, -0.2) is 0 Å². The Kier molecular flexibility index (Phi) is 6.67. The minimum absolute atomic E-state index is 0.0718. The molecule has 1 aliphatic rings. The van der Waals surface area contributed by atoms with Gasteiger partial charge >= 0.3 is 0 Å².